The van der Waals surface area contributed by atoms with Crippen LogP contribution in [0.2, 0.25) is 0 Å². The molecule has 1 N–H and O–H groups in total. The Morgan fingerprint density at radius 2 is 1.30 bits per heavy atom. The third-order valence-corrected chi connectivity index (χ3v) is 4.01. The maximum Gasteiger partial charge on any atom is 0.344 e. The lowest BCUT2D eigenvalue weighted by molar-refractivity contribution is -0.157. The van der Waals surface area contributed by atoms with Gasteiger partial charge in [-0.2, -0.15) is 0 Å². The van der Waals surface area contributed by atoms with Crippen molar-refractivity contribution in [1.29, 1.82) is 0 Å². The number of phenolic OH excluding ortho intramolecular Hbond substituents is 1. The molecule has 0 heterocycles. The smallest absolute Gasteiger partial charge is 0.344 e. The van der Waals surface area contributed by atoms with E-state index in [1.807, 2.05) is 20.8 Å². The Balaban J connectivity index is 0.000000577. The third-order valence-electron chi connectivity index (χ3n) is 3.55. The highest BCUT2D eigenvalue weighted by Gasteiger charge is 2.18. The maximum atomic E-state index is 13.4. The van der Waals surface area contributed by atoms with E-state index in [0.29, 0.717) is 12.6 Å². The van der Waals surface area contributed by atoms with Gasteiger partial charge in [-0.05, 0) is 65.8 Å². The molecule has 0 atom stereocenters. The van der Waals surface area contributed by atoms with Crippen molar-refractivity contribution >= 4 is 40.4 Å². The molecule has 0 saturated carbocycles. The number of aromatic hydroxyl groups is 1. The molecule has 0 amide bonds. The zero-order chi connectivity index (χ0) is 28.8. The van der Waals surface area contributed by atoms with E-state index in [9.17, 15) is 28.0 Å². The first-order valence-electron chi connectivity index (χ1n) is 10.8. The first-order chi connectivity index (χ1) is 17.0. The predicted octanol–water partition coefficient (Wildman–Crippen LogP) is 5.43. The summed E-state index contributed by atoms with van der Waals surface area (Å²) in [5.41, 5.74) is -0.966. The van der Waals surface area contributed by atoms with Gasteiger partial charge in [0.1, 0.15) is 16.5 Å². The molecule has 204 valence electrons. The Bertz CT molecular complexity index is 1060. The minimum Gasteiger partial charge on any atom is -0.504 e. The molecule has 0 aliphatic heterocycles. The first-order valence-corrected chi connectivity index (χ1v) is 12.0. The minimum atomic E-state index is -0.774. The monoisotopic (exact) mass is 588 g/mol. The van der Waals surface area contributed by atoms with Crippen LogP contribution in [0.25, 0.3) is 0 Å². The van der Waals surface area contributed by atoms with Gasteiger partial charge in [0.15, 0.2) is 42.3 Å². The van der Waals surface area contributed by atoms with Crippen molar-refractivity contribution in [1.82, 2.24) is 0 Å². The molecule has 0 spiro atoms. The third kappa shape index (κ3) is 14.7. The van der Waals surface area contributed by atoms with Crippen LogP contribution < -0.4 is 4.74 Å². The van der Waals surface area contributed by atoms with Gasteiger partial charge in [-0.1, -0.05) is 28.1 Å². The Kier molecular flexibility index (Phi) is 14.3. The molecule has 0 bridgehead atoms. The topological polar surface area (TPSA) is 116 Å². The molecule has 0 aliphatic rings. The number of phenols is 1. The summed E-state index contributed by atoms with van der Waals surface area (Å²) in [5.74, 6) is -3.13. The molecule has 0 aromatic heterocycles. The summed E-state index contributed by atoms with van der Waals surface area (Å²) < 4.78 is 40.6. The molecule has 0 aliphatic carbocycles. The molecule has 2 rings (SSSR count). The standard InChI is InChI=1S/C13H15FO4.C7H5FO2.C6H11BrO2/c1-13(2,3)18-11(16)8-17-12-9(7-15)5-4-6-10(12)14;8-6-3-1-2-5(4-9)7(6)10;1-6(2,3)9-5(8)4-7/h4-7H,8H2,1-3H3;1-4,10H;4H2,1-3H3. The lowest BCUT2D eigenvalue weighted by atomic mass is 10.2. The average Bonchev–Trinajstić information content (AvgIpc) is 2.78. The average molecular weight is 589 g/mol. The Labute approximate surface area is 223 Å². The largest absolute Gasteiger partial charge is 0.504 e. The maximum absolute atomic E-state index is 13.4. The number of esters is 2. The normalized spacial score (nSPS) is 10.5. The van der Waals surface area contributed by atoms with Gasteiger partial charge in [-0.3, -0.25) is 14.4 Å². The summed E-state index contributed by atoms with van der Waals surface area (Å²) in [5, 5.41) is 9.06. The van der Waals surface area contributed by atoms with Crippen molar-refractivity contribution in [2.75, 3.05) is 11.9 Å². The highest BCUT2D eigenvalue weighted by atomic mass is 79.9. The Morgan fingerprint density at radius 3 is 1.70 bits per heavy atom. The SMILES string of the molecule is CC(C)(C)OC(=O)CBr.CC(C)(C)OC(=O)COc1c(F)cccc1C=O.O=Cc1cccc(F)c1O. The van der Waals surface area contributed by atoms with Crippen LogP contribution in [-0.4, -0.2) is 52.8 Å². The second-order valence-corrected chi connectivity index (χ2v) is 9.73. The van der Waals surface area contributed by atoms with Crippen molar-refractivity contribution in [2.24, 2.45) is 0 Å². The minimum absolute atomic E-state index is 0.0278. The highest BCUT2D eigenvalue weighted by Crippen LogP contribution is 2.21. The van der Waals surface area contributed by atoms with Crippen LogP contribution in [-0.2, 0) is 19.1 Å². The fraction of sp³-hybridized carbons (Fsp3) is 0.385. The number of aldehydes is 2. The summed E-state index contributed by atoms with van der Waals surface area (Å²) in [6, 6.07) is 7.73. The van der Waals surface area contributed by atoms with Gasteiger partial charge >= 0.3 is 11.9 Å². The van der Waals surface area contributed by atoms with Gasteiger partial charge < -0.3 is 19.3 Å². The van der Waals surface area contributed by atoms with E-state index in [1.54, 1.807) is 20.8 Å². The van der Waals surface area contributed by atoms with Gasteiger partial charge in [0.2, 0.25) is 0 Å². The number of hydrogen-bond acceptors (Lipinski definition) is 8. The summed E-state index contributed by atoms with van der Waals surface area (Å²) in [6.07, 6.45) is 0.867. The number of alkyl halides is 1. The second kappa shape index (κ2) is 15.7. The molecule has 0 unspecified atom stereocenters. The van der Waals surface area contributed by atoms with Crippen LogP contribution in [0.3, 0.4) is 0 Å². The lowest BCUT2D eigenvalue weighted by Crippen LogP contribution is -2.27. The molecule has 0 saturated heterocycles. The molecule has 11 heteroatoms. The number of carbonyl (C=O) groups excluding carboxylic acids is 4. The molecular formula is C26H31BrF2O8. The van der Waals surface area contributed by atoms with Gasteiger partial charge in [-0.15, -0.1) is 0 Å². The van der Waals surface area contributed by atoms with Crippen molar-refractivity contribution in [3.8, 4) is 11.5 Å². The van der Waals surface area contributed by atoms with Crippen LogP contribution in [0.1, 0.15) is 62.3 Å². The van der Waals surface area contributed by atoms with Crippen LogP contribution in [0.15, 0.2) is 36.4 Å². The summed E-state index contributed by atoms with van der Waals surface area (Å²) in [7, 11) is 0. The first kappa shape index (κ1) is 33.7. The highest BCUT2D eigenvalue weighted by molar-refractivity contribution is 9.09. The fourth-order valence-electron chi connectivity index (χ4n) is 2.27. The lowest BCUT2D eigenvalue weighted by Gasteiger charge is -2.19. The zero-order valence-corrected chi connectivity index (χ0v) is 23.1. The molecule has 2 aromatic carbocycles. The van der Waals surface area contributed by atoms with Crippen molar-refractivity contribution in [3.05, 3.63) is 59.2 Å². The van der Waals surface area contributed by atoms with E-state index in [1.165, 1.54) is 24.3 Å². The van der Waals surface area contributed by atoms with Gasteiger partial charge in [0.25, 0.3) is 0 Å². The number of hydrogen-bond donors (Lipinski definition) is 1. The van der Waals surface area contributed by atoms with E-state index in [0.717, 1.165) is 12.1 Å². The quantitative estimate of drug-likeness (QED) is 0.270. The van der Waals surface area contributed by atoms with Crippen LogP contribution >= 0.6 is 15.9 Å². The van der Waals surface area contributed by atoms with E-state index in [-0.39, 0.29) is 33.8 Å². The van der Waals surface area contributed by atoms with Crippen LogP contribution in [0, 0.1) is 11.6 Å². The Morgan fingerprint density at radius 1 is 0.838 bits per heavy atom. The summed E-state index contributed by atoms with van der Waals surface area (Å²) in [6.45, 7) is 10.2. The van der Waals surface area contributed by atoms with Crippen LogP contribution in [0.4, 0.5) is 8.78 Å². The van der Waals surface area contributed by atoms with Crippen molar-refractivity contribution in [3.63, 3.8) is 0 Å². The number of ether oxygens (including phenoxy) is 3. The molecule has 0 radical (unpaired) electrons. The van der Waals surface area contributed by atoms with Gasteiger partial charge in [0.05, 0.1) is 11.1 Å². The number of halogens is 3. The number of carbonyl (C=O) groups is 4. The fourth-order valence-corrected chi connectivity index (χ4v) is 2.38. The van der Waals surface area contributed by atoms with E-state index >= 15 is 0 Å². The molecule has 0 fully saturated rings. The van der Waals surface area contributed by atoms with E-state index in [4.69, 9.17) is 19.3 Å². The van der Waals surface area contributed by atoms with Crippen molar-refractivity contribution < 1.29 is 47.3 Å². The van der Waals surface area contributed by atoms with Crippen LogP contribution in [0.5, 0.6) is 11.5 Å². The molecular weight excluding hydrogens is 558 g/mol. The van der Waals surface area contributed by atoms with E-state index < -0.39 is 35.6 Å². The van der Waals surface area contributed by atoms with Gasteiger partial charge in [0, 0.05) is 0 Å². The second-order valence-electron chi connectivity index (χ2n) is 9.17. The summed E-state index contributed by atoms with van der Waals surface area (Å²) in [4.78, 5) is 42.7. The summed E-state index contributed by atoms with van der Waals surface area (Å²) >= 11 is 2.99. The zero-order valence-electron chi connectivity index (χ0n) is 21.5. The number of rotatable bonds is 6. The molecule has 2 aromatic rings. The number of benzene rings is 2. The van der Waals surface area contributed by atoms with E-state index in [2.05, 4.69) is 15.9 Å². The predicted molar refractivity (Wildman–Crippen MR) is 136 cm³/mol. The molecule has 37 heavy (non-hydrogen) atoms. The van der Waals surface area contributed by atoms with Gasteiger partial charge in [-0.25, -0.2) is 13.6 Å². The van der Waals surface area contributed by atoms with Crippen molar-refractivity contribution in [2.45, 2.75) is 52.7 Å². The Hall–Kier alpha value is -3.34. The molecule has 8 nitrogen and oxygen atoms in total. The number of para-hydroxylation sites is 2.